The zero-order valence-electron chi connectivity index (χ0n) is 17.9. The third kappa shape index (κ3) is 5.21. The molecule has 9 heteroatoms. The summed E-state index contributed by atoms with van der Waals surface area (Å²) in [5, 5.41) is 3.98. The Hall–Kier alpha value is -3.69. The van der Waals surface area contributed by atoms with E-state index in [2.05, 4.69) is 9.71 Å². The van der Waals surface area contributed by atoms with Gasteiger partial charge in [-0.15, -0.1) is 0 Å². The summed E-state index contributed by atoms with van der Waals surface area (Å²) in [6.45, 7) is 0. The van der Waals surface area contributed by atoms with Gasteiger partial charge in [0.05, 0.1) is 12.8 Å². The van der Waals surface area contributed by atoms with Gasteiger partial charge in [0, 0.05) is 35.3 Å². The molecule has 4 aromatic rings. The fourth-order valence-corrected chi connectivity index (χ4v) is 4.52. The molecule has 2 heterocycles. The fraction of sp³-hybridized carbons (Fsp3) is 0.0833. The molecular weight excluding hydrogens is 458 g/mol. The highest BCUT2D eigenvalue weighted by atomic mass is 32.2. The van der Waals surface area contributed by atoms with Crippen LogP contribution in [0.5, 0.6) is 5.75 Å². The lowest BCUT2D eigenvalue weighted by molar-refractivity contribution is 0.415. The summed E-state index contributed by atoms with van der Waals surface area (Å²) < 4.78 is 21.3. The number of ether oxygens (including phenoxy) is 1. The number of H-pyrrole nitrogens is 1. The average molecular weight is 480 g/mol. The number of nitrogens with one attached hydrogen (secondary N) is 2. The van der Waals surface area contributed by atoms with Crippen LogP contribution in [0.4, 0.5) is 5.69 Å². The van der Waals surface area contributed by atoms with Gasteiger partial charge in [0.25, 0.3) is 5.56 Å². The molecule has 1 atom stereocenters. The molecule has 7 nitrogen and oxygen atoms in total. The van der Waals surface area contributed by atoms with Gasteiger partial charge in [0.1, 0.15) is 16.7 Å². The molecule has 0 saturated carbocycles. The van der Waals surface area contributed by atoms with Gasteiger partial charge < -0.3 is 9.46 Å². The first kappa shape index (κ1) is 22.5. The van der Waals surface area contributed by atoms with E-state index >= 15 is 0 Å². The molecule has 1 unspecified atom stereocenters. The lowest BCUT2D eigenvalue weighted by atomic mass is 10.0. The summed E-state index contributed by atoms with van der Waals surface area (Å²) in [6, 6.07) is 14.5. The molecular formula is C24H21N3O4S2. The number of thiophene rings is 1. The van der Waals surface area contributed by atoms with Crippen LogP contribution >= 0.6 is 11.3 Å². The molecule has 0 spiro atoms. The van der Waals surface area contributed by atoms with Gasteiger partial charge in [-0.2, -0.15) is 11.3 Å². The SMILES string of the molecule is COc1c(/C=C/c2ccc(NS(C)=O)cc2)cc(-n2ccc(=O)[nH]c2=O)cc1-c1ccsc1. The molecule has 0 amide bonds. The molecule has 2 N–H and O–H groups in total. The minimum atomic E-state index is -1.14. The van der Waals surface area contributed by atoms with Crippen molar-refractivity contribution >= 4 is 40.2 Å². The molecule has 2 aromatic heterocycles. The van der Waals surface area contributed by atoms with E-state index in [0.29, 0.717) is 11.4 Å². The van der Waals surface area contributed by atoms with E-state index in [9.17, 15) is 13.8 Å². The summed E-state index contributed by atoms with van der Waals surface area (Å²) in [6.07, 6.45) is 6.87. The Morgan fingerprint density at radius 1 is 1.09 bits per heavy atom. The predicted octanol–water partition coefficient (Wildman–Crippen LogP) is 4.14. The van der Waals surface area contributed by atoms with Crippen molar-refractivity contribution in [3.8, 4) is 22.6 Å². The number of benzene rings is 2. The van der Waals surface area contributed by atoms with Gasteiger partial charge >= 0.3 is 5.69 Å². The minimum absolute atomic E-state index is 0.451. The average Bonchev–Trinajstić information content (AvgIpc) is 3.32. The van der Waals surface area contributed by atoms with Crippen LogP contribution in [0.3, 0.4) is 0 Å². The number of aromatic amines is 1. The molecule has 0 saturated heterocycles. The normalized spacial score (nSPS) is 12.1. The van der Waals surface area contributed by atoms with Crippen molar-refractivity contribution in [2.45, 2.75) is 0 Å². The molecule has 4 rings (SSSR count). The van der Waals surface area contributed by atoms with Crippen molar-refractivity contribution < 1.29 is 8.95 Å². The molecule has 0 radical (unpaired) electrons. The second-order valence-corrected chi connectivity index (χ2v) is 9.01. The van der Waals surface area contributed by atoms with Crippen molar-refractivity contribution in [1.82, 2.24) is 9.55 Å². The molecule has 0 aliphatic heterocycles. The van der Waals surface area contributed by atoms with Gasteiger partial charge in [-0.3, -0.25) is 14.3 Å². The maximum atomic E-state index is 12.4. The largest absolute Gasteiger partial charge is 0.495 e. The highest BCUT2D eigenvalue weighted by Gasteiger charge is 2.14. The van der Waals surface area contributed by atoms with Crippen molar-refractivity contribution in [2.75, 3.05) is 18.1 Å². The first-order valence-corrected chi connectivity index (χ1v) is 12.4. The third-order valence-electron chi connectivity index (χ3n) is 4.87. The van der Waals surface area contributed by atoms with Crippen LogP contribution in [0.2, 0.25) is 0 Å². The van der Waals surface area contributed by atoms with E-state index in [1.807, 2.05) is 65.4 Å². The van der Waals surface area contributed by atoms with Crippen molar-refractivity contribution in [3.63, 3.8) is 0 Å². The Morgan fingerprint density at radius 2 is 1.88 bits per heavy atom. The first-order valence-electron chi connectivity index (χ1n) is 9.90. The zero-order valence-corrected chi connectivity index (χ0v) is 19.5. The van der Waals surface area contributed by atoms with Crippen LogP contribution < -0.4 is 20.7 Å². The Morgan fingerprint density at radius 3 is 2.52 bits per heavy atom. The number of nitrogens with zero attached hydrogens (tertiary/aromatic N) is 1. The number of hydrogen-bond acceptors (Lipinski definition) is 5. The summed E-state index contributed by atoms with van der Waals surface area (Å²) in [5.74, 6) is 0.672. The van der Waals surface area contributed by atoms with E-state index in [4.69, 9.17) is 4.74 Å². The molecule has 168 valence electrons. The highest BCUT2D eigenvalue weighted by Crippen LogP contribution is 2.37. The van der Waals surface area contributed by atoms with E-state index in [0.717, 1.165) is 27.9 Å². The van der Waals surface area contributed by atoms with Crippen molar-refractivity contribution in [1.29, 1.82) is 0 Å². The number of methoxy groups -OCH3 is 1. The predicted molar refractivity (Wildman–Crippen MR) is 136 cm³/mol. The van der Waals surface area contributed by atoms with Crippen LogP contribution in [-0.4, -0.2) is 27.1 Å². The van der Waals surface area contributed by atoms with E-state index < -0.39 is 22.2 Å². The number of hydrogen-bond donors (Lipinski definition) is 2. The lowest BCUT2D eigenvalue weighted by Gasteiger charge is -2.15. The number of aromatic nitrogens is 2. The monoisotopic (exact) mass is 479 g/mol. The molecule has 0 bridgehead atoms. The van der Waals surface area contributed by atoms with Crippen LogP contribution in [-0.2, 0) is 11.0 Å². The van der Waals surface area contributed by atoms with Crippen LogP contribution in [0.25, 0.3) is 29.0 Å². The standard InChI is InChI=1S/C24H21N3O4S2/c1-31-23-17(6-3-16-4-7-19(8-5-16)26-33(2)30)13-20(14-21(23)18-10-12-32-15-18)27-11-9-22(28)25-24(27)29/h3-15,26H,1-2H3,(H,25,28,29)/b6-3+. The first-order chi connectivity index (χ1) is 15.9. The summed E-state index contributed by atoms with van der Waals surface area (Å²) in [4.78, 5) is 26.2. The summed E-state index contributed by atoms with van der Waals surface area (Å²) in [7, 11) is 0.474. The quantitative estimate of drug-likeness (QED) is 0.390. The lowest BCUT2D eigenvalue weighted by Crippen LogP contribution is -2.27. The third-order valence-corrected chi connectivity index (χ3v) is 6.07. The van der Waals surface area contributed by atoms with Gasteiger partial charge in [0.15, 0.2) is 0 Å². The second kappa shape index (κ2) is 9.85. The second-order valence-electron chi connectivity index (χ2n) is 7.12. The maximum absolute atomic E-state index is 12.4. The molecule has 33 heavy (non-hydrogen) atoms. The zero-order chi connectivity index (χ0) is 23.4. The Bertz CT molecular complexity index is 1440. The fourth-order valence-electron chi connectivity index (χ4n) is 3.39. The topological polar surface area (TPSA) is 93.2 Å². The van der Waals surface area contributed by atoms with E-state index in [1.165, 1.54) is 16.8 Å². The van der Waals surface area contributed by atoms with Crippen LogP contribution in [0.1, 0.15) is 11.1 Å². The molecule has 0 aliphatic rings. The number of rotatable bonds is 7. The maximum Gasteiger partial charge on any atom is 0.332 e. The van der Waals surface area contributed by atoms with Gasteiger partial charge in [-0.1, -0.05) is 24.3 Å². The molecule has 0 fully saturated rings. The van der Waals surface area contributed by atoms with Crippen LogP contribution in [0, 0.1) is 0 Å². The van der Waals surface area contributed by atoms with E-state index in [1.54, 1.807) is 24.7 Å². The molecule has 0 aliphatic carbocycles. The highest BCUT2D eigenvalue weighted by molar-refractivity contribution is 7.85. The summed E-state index contributed by atoms with van der Waals surface area (Å²) in [5.41, 5.74) is 3.91. The molecule has 2 aromatic carbocycles. The van der Waals surface area contributed by atoms with Crippen LogP contribution in [0.15, 0.2) is 75.1 Å². The number of anilines is 1. The smallest absolute Gasteiger partial charge is 0.332 e. The van der Waals surface area contributed by atoms with Crippen molar-refractivity contribution in [3.05, 3.63) is 97.5 Å². The van der Waals surface area contributed by atoms with Gasteiger partial charge in [-0.25, -0.2) is 9.00 Å². The van der Waals surface area contributed by atoms with E-state index in [-0.39, 0.29) is 0 Å². The van der Waals surface area contributed by atoms with Gasteiger partial charge in [0.2, 0.25) is 0 Å². The Balaban J connectivity index is 1.81. The Labute approximate surface area is 196 Å². The Kier molecular flexibility index (Phi) is 6.71. The summed E-state index contributed by atoms with van der Waals surface area (Å²) >= 11 is 1.56. The van der Waals surface area contributed by atoms with Crippen molar-refractivity contribution in [2.24, 2.45) is 0 Å². The minimum Gasteiger partial charge on any atom is -0.495 e. The van der Waals surface area contributed by atoms with Gasteiger partial charge in [-0.05, 0) is 52.2 Å².